The van der Waals surface area contributed by atoms with E-state index in [-0.39, 0.29) is 27.5 Å². The molecule has 0 radical (unpaired) electrons. The number of nitrogens with one attached hydrogen (secondary N) is 1. The van der Waals surface area contributed by atoms with E-state index in [1.165, 1.54) is 18.2 Å². The Labute approximate surface area is 125 Å². The Bertz CT molecular complexity index is 661. The van der Waals surface area contributed by atoms with Crippen molar-refractivity contribution in [3.8, 4) is 0 Å². The van der Waals surface area contributed by atoms with Gasteiger partial charge in [-0.25, -0.2) is 8.42 Å². The summed E-state index contributed by atoms with van der Waals surface area (Å²) in [5.74, 6) is 0.240. The maximum absolute atomic E-state index is 12.2. The van der Waals surface area contributed by atoms with Gasteiger partial charge in [0.15, 0.2) is 9.84 Å². The van der Waals surface area contributed by atoms with Crippen molar-refractivity contribution in [3.63, 3.8) is 0 Å². The molecule has 116 valence electrons. The van der Waals surface area contributed by atoms with Gasteiger partial charge in [-0.3, -0.25) is 4.79 Å². The lowest BCUT2D eigenvalue weighted by Crippen LogP contribution is -2.32. The summed E-state index contributed by atoms with van der Waals surface area (Å²) in [5, 5.41) is 2.90. The maximum Gasteiger partial charge on any atom is 0.251 e. The van der Waals surface area contributed by atoms with Gasteiger partial charge in [0.2, 0.25) is 0 Å². The molecule has 1 fully saturated rings. The van der Waals surface area contributed by atoms with Gasteiger partial charge in [0, 0.05) is 24.1 Å². The minimum atomic E-state index is -3.39. The highest BCUT2D eigenvalue weighted by Crippen LogP contribution is 2.51. The van der Waals surface area contributed by atoms with Crippen LogP contribution in [0.25, 0.3) is 0 Å². The number of benzene rings is 1. The molecule has 0 aliphatic heterocycles. The number of anilines is 1. The van der Waals surface area contributed by atoms with Crippen LogP contribution in [-0.4, -0.2) is 27.1 Å². The Hall–Kier alpha value is -1.56. The van der Waals surface area contributed by atoms with E-state index in [0.29, 0.717) is 12.5 Å². The number of nitrogens with two attached hydrogens (primary N) is 1. The average Bonchev–Trinajstić information content (AvgIpc) is 3.15. The highest BCUT2D eigenvalue weighted by molar-refractivity contribution is 7.90. The zero-order valence-corrected chi connectivity index (χ0v) is 13.5. The van der Waals surface area contributed by atoms with Crippen LogP contribution in [0.3, 0.4) is 0 Å². The van der Waals surface area contributed by atoms with Crippen LogP contribution in [0.1, 0.15) is 37.0 Å². The molecular formula is C15H22N2O3S. The van der Waals surface area contributed by atoms with Crippen LogP contribution < -0.4 is 11.1 Å². The molecule has 0 spiro atoms. The van der Waals surface area contributed by atoms with Gasteiger partial charge in [-0.15, -0.1) is 0 Å². The Morgan fingerprint density at radius 3 is 2.43 bits per heavy atom. The lowest BCUT2D eigenvalue weighted by atomic mass is 9.92. The van der Waals surface area contributed by atoms with Gasteiger partial charge in [0.1, 0.15) is 0 Å². The maximum atomic E-state index is 12.2. The molecule has 0 unspecified atom stereocenters. The van der Waals surface area contributed by atoms with Crippen LogP contribution in [0.4, 0.5) is 5.69 Å². The summed E-state index contributed by atoms with van der Waals surface area (Å²) < 4.78 is 23.2. The summed E-state index contributed by atoms with van der Waals surface area (Å²) in [6.45, 7) is 4.93. The quantitative estimate of drug-likeness (QED) is 0.812. The molecule has 2 rings (SSSR count). The molecule has 0 aromatic heterocycles. The van der Waals surface area contributed by atoms with Crippen molar-refractivity contribution in [1.82, 2.24) is 5.32 Å². The molecule has 1 aromatic rings. The number of rotatable bonds is 5. The molecule has 1 amide bonds. The Balaban J connectivity index is 2.15. The summed E-state index contributed by atoms with van der Waals surface area (Å²) in [7, 11) is -3.39. The predicted octanol–water partition coefficient (Wildman–Crippen LogP) is 1.84. The molecule has 0 bridgehead atoms. The fraction of sp³-hybridized carbons (Fsp3) is 0.533. The lowest BCUT2D eigenvalue weighted by Gasteiger charge is -2.20. The zero-order chi connectivity index (χ0) is 15.8. The van der Waals surface area contributed by atoms with Crippen molar-refractivity contribution in [2.45, 2.75) is 31.6 Å². The number of hydrogen-bond acceptors (Lipinski definition) is 4. The normalized spacial score (nSPS) is 16.8. The van der Waals surface area contributed by atoms with E-state index in [4.69, 9.17) is 5.73 Å². The predicted molar refractivity (Wildman–Crippen MR) is 82.8 cm³/mol. The highest BCUT2D eigenvalue weighted by Gasteiger charge is 2.45. The van der Waals surface area contributed by atoms with E-state index in [0.717, 1.165) is 19.1 Å². The summed E-state index contributed by atoms with van der Waals surface area (Å²) >= 11 is 0. The van der Waals surface area contributed by atoms with Crippen LogP contribution >= 0.6 is 0 Å². The first-order valence-corrected chi connectivity index (χ1v) is 8.92. The molecule has 0 heterocycles. The number of carbonyl (C=O) groups excluding carboxylic acids is 1. The Morgan fingerprint density at radius 2 is 1.95 bits per heavy atom. The second kappa shape index (κ2) is 5.33. The van der Waals surface area contributed by atoms with Gasteiger partial charge >= 0.3 is 0 Å². The summed E-state index contributed by atoms with van der Waals surface area (Å²) in [6, 6.07) is 4.23. The third-order valence-electron chi connectivity index (χ3n) is 4.34. The van der Waals surface area contributed by atoms with E-state index in [2.05, 4.69) is 19.2 Å². The van der Waals surface area contributed by atoms with Crippen molar-refractivity contribution < 1.29 is 13.2 Å². The SMILES string of the molecule is CC(C)C1(CNC(=O)c2cc(N)cc(S(C)(=O)=O)c2)CC1. The average molecular weight is 310 g/mol. The van der Waals surface area contributed by atoms with Crippen LogP contribution in [0.5, 0.6) is 0 Å². The van der Waals surface area contributed by atoms with E-state index < -0.39 is 9.84 Å². The number of sulfone groups is 1. The molecular weight excluding hydrogens is 288 g/mol. The number of amides is 1. The standard InChI is InChI=1S/C15H22N2O3S/c1-10(2)15(4-5-15)9-17-14(18)11-6-12(16)8-13(7-11)21(3,19)20/h6-8,10H,4-5,9,16H2,1-3H3,(H,17,18). The Morgan fingerprint density at radius 1 is 1.33 bits per heavy atom. The molecule has 5 nitrogen and oxygen atoms in total. The topological polar surface area (TPSA) is 89.3 Å². The van der Waals surface area contributed by atoms with Crippen molar-refractivity contribution in [1.29, 1.82) is 0 Å². The second-order valence-corrected chi connectivity index (χ2v) is 8.28. The number of carbonyl (C=O) groups is 1. The van der Waals surface area contributed by atoms with Crippen LogP contribution in [0, 0.1) is 11.3 Å². The van der Waals surface area contributed by atoms with E-state index in [1.54, 1.807) is 0 Å². The summed E-state index contributed by atoms with van der Waals surface area (Å²) in [6.07, 6.45) is 3.34. The molecule has 1 aliphatic rings. The smallest absolute Gasteiger partial charge is 0.251 e. The molecule has 0 saturated heterocycles. The van der Waals surface area contributed by atoms with Gasteiger partial charge in [-0.1, -0.05) is 13.8 Å². The van der Waals surface area contributed by atoms with Crippen molar-refractivity contribution in [2.75, 3.05) is 18.5 Å². The first-order valence-electron chi connectivity index (χ1n) is 7.03. The van der Waals surface area contributed by atoms with Crippen molar-refractivity contribution in [3.05, 3.63) is 23.8 Å². The molecule has 1 saturated carbocycles. The fourth-order valence-corrected chi connectivity index (χ4v) is 3.14. The third kappa shape index (κ3) is 3.56. The number of hydrogen-bond donors (Lipinski definition) is 2. The number of nitrogen functional groups attached to an aromatic ring is 1. The van der Waals surface area contributed by atoms with Gasteiger partial charge < -0.3 is 11.1 Å². The first-order chi connectivity index (χ1) is 9.64. The van der Waals surface area contributed by atoms with Gasteiger partial charge in [0.05, 0.1) is 4.90 Å². The van der Waals surface area contributed by atoms with Crippen LogP contribution in [0.15, 0.2) is 23.1 Å². The molecule has 6 heteroatoms. The fourth-order valence-electron chi connectivity index (χ4n) is 2.44. The van der Waals surface area contributed by atoms with Crippen LogP contribution in [-0.2, 0) is 9.84 Å². The molecule has 3 N–H and O–H groups in total. The lowest BCUT2D eigenvalue weighted by molar-refractivity contribution is 0.0939. The second-order valence-electron chi connectivity index (χ2n) is 6.26. The summed E-state index contributed by atoms with van der Waals surface area (Å²) in [5.41, 5.74) is 6.45. The zero-order valence-electron chi connectivity index (χ0n) is 12.6. The Kier molecular flexibility index (Phi) is 4.02. The highest BCUT2D eigenvalue weighted by atomic mass is 32.2. The van der Waals surface area contributed by atoms with Gasteiger partial charge in [0.25, 0.3) is 5.91 Å². The minimum Gasteiger partial charge on any atom is -0.399 e. The largest absolute Gasteiger partial charge is 0.399 e. The summed E-state index contributed by atoms with van der Waals surface area (Å²) in [4.78, 5) is 12.3. The van der Waals surface area contributed by atoms with E-state index in [1.807, 2.05) is 0 Å². The first kappa shape index (κ1) is 15.8. The molecule has 0 atom stereocenters. The van der Waals surface area contributed by atoms with Crippen molar-refractivity contribution >= 4 is 21.4 Å². The molecule has 1 aliphatic carbocycles. The van der Waals surface area contributed by atoms with E-state index in [9.17, 15) is 13.2 Å². The molecule has 21 heavy (non-hydrogen) atoms. The third-order valence-corrected chi connectivity index (χ3v) is 5.43. The van der Waals surface area contributed by atoms with Gasteiger partial charge in [-0.05, 0) is 42.4 Å². The van der Waals surface area contributed by atoms with Crippen LogP contribution in [0.2, 0.25) is 0 Å². The van der Waals surface area contributed by atoms with Gasteiger partial charge in [-0.2, -0.15) is 0 Å². The van der Waals surface area contributed by atoms with E-state index >= 15 is 0 Å². The minimum absolute atomic E-state index is 0.0673. The van der Waals surface area contributed by atoms with Crippen molar-refractivity contribution in [2.24, 2.45) is 11.3 Å². The monoisotopic (exact) mass is 310 g/mol. The molecule has 1 aromatic carbocycles.